The Hall–Kier alpha value is -4.21. The molecule has 3 heterocycles. The maximum Gasteiger partial charge on any atom is 0.433 e. The van der Waals surface area contributed by atoms with Crippen LogP contribution in [0.1, 0.15) is 18.5 Å². The average Bonchev–Trinajstić information content (AvgIpc) is 2.89. The van der Waals surface area contributed by atoms with Gasteiger partial charge in [-0.1, -0.05) is 36.4 Å². The molecule has 190 valence electrons. The number of anilines is 2. The lowest BCUT2D eigenvalue weighted by Gasteiger charge is -2.33. The molecular weight excluding hydrogens is 486 g/mol. The highest BCUT2D eigenvalue weighted by Gasteiger charge is 2.33. The van der Waals surface area contributed by atoms with Crippen molar-refractivity contribution >= 4 is 28.4 Å². The second-order valence-electron chi connectivity index (χ2n) is 8.82. The Kier molecular flexibility index (Phi) is 6.64. The predicted molar refractivity (Wildman–Crippen MR) is 134 cm³/mol. The van der Waals surface area contributed by atoms with Crippen LogP contribution >= 0.6 is 0 Å². The summed E-state index contributed by atoms with van der Waals surface area (Å²) in [6, 6.07) is 16.7. The molecule has 0 aliphatic carbocycles. The Labute approximate surface area is 210 Å². The molecule has 0 spiro atoms. The number of nitrogens with zero attached hydrogens (tertiary/aromatic N) is 3. The van der Waals surface area contributed by atoms with E-state index in [1.165, 1.54) is 30.5 Å². The summed E-state index contributed by atoms with van der Waals surface area (Å²) in [6.07, 6.45) is -1.82. The minimum Gasteiger partial charge on any atom is -0.367 e. The summed E-state index contributed by atoms with van der Waals surface area (Å²) in [5.41, 5.74) is 0.856. The van der Waals surface area contributed by atoms with Gasteiger partial charge in [0.25, 0.3) is 0 Å². The first kappa shape index (κ1) is 24.5. The van der Waals surface area contributed by atoms with E-state index in [1.54, 1.807) is 35.2 Å². The standard InChI is InChI=1S/C27H23F4N5O/c28-18-7-4-8-20(15-18)34-26(37)36-13-11-19(12-14-36)33-25-21-9-10-23(27(29,30)31)35-24(21)22(16-32-25)17-5-2-1-3-6-17/h1-10,15-16,19H,11-14H2,(H,32,33)(H,34,37). The van der Waals surface area contributed by atoms with Crippen LogP contribution in [0.25, 0.3) is 22.0 Å². The number of halogens is 4. The van der Waals surface area contributed by atoms with Gasteiger partial charge in [0, 0.05) is 42.0 Å². The van der Waals surface area contributed by atoms with Gasteiger partial charge < -0.3 is 15.5 Å². The van der Waals surface area contributed by atoms with Gasteiger partial charge in [-0.25, -0.2) is 19.2 Å². The number of hydrogen-bond acceptors (Lipinski definition) is 4. The Bertz CT molecular complexity index is 1420. The lowest BCUT2D eigenvalue weighted by atomic mass is 10.0. The molecule has 0 unspecified atom stereocenters. The van der Waals surface area contributed by atoms with E-state index < -0.39 is 17.7 Å². The van der Waals surface area contributed by atoms with E-state index in [4.69, 9.17) is 0 Å². The fourth-order valence-corrected chi connectivity index (χ4v) is 4.41. The lowest BCUT2D eigenvalue weighted by Crippen LogP contribution is -2.44. The number of likely N-dealkylation sites (tertiary alicyclic amines) is 1. The number of nitrogens with one attached hydrogen (secondary N) is 2. The zero-order chi connectivity index (χ0) is 26.0. The number of carbonyl (C=O) groups is 1. The number of aromatic nitrogens is 2. The zero-order valence-electron chi connectivity index (χ0n) is 19.6. The first-order valence-corrected chi connectivity index (χ1v) is 11.8. The van der Waals surface area contributed by atoms with Crippen molar-refractivity contribution < 1.29 is 22.4 Å². The van der Waals surface area contributed by atoms with Crippen LogP contribution < -0.4 is 10.6 Å². The molecule has 2 amide bonds. The number of alkyl halides is 3. The maximum atomic E-state index is 13.4. The van der Waals surface area contributed by atoms with Crippen molar-refractivity contribution in [2.45, 2.75) is 25.1 Å². The third kappa shape index (κ3) is 5.47. The van der Waals surface area contributed by atoms with Gasteiger partial charge in [-0.2, -0.15) is 13.2 Å². The van der Waals surface area contributed by atoms with E-state index in [1.807, 2.05) is 6.07 Å². The van der Waals surface area contributed by atoms with E-state index in [0.29, 0.717) is 48.4 Å². The third-order valence-electron chi connectivity index (χ3n) is 6.30. The quantitative estimate of drug-likeness (QED) is 0.306. The van der Waals surface area contributed by atoms with E-state index >= 15 is 0 Å². The Balaban J connectivity index is 1.34. The molecule has 1 fully saturated rings. The summed E-state index contributed by atoms with van der Waals surface area (Å²) >= 11 is 0. The summed E-state index contributed by atoms with van der Waals surface area (Å²) < 4.78 is 53.7. The molecule has 0 saturated carbocycles. The number of fused-ring (bicyclic) bond motifs is 1. The second-order valence-corrected chi connectivity index (χ2v) is 8.82. The third-order valence-corrected chi connectivity index (χ3v) is 6.30. The molecule has 37 heavy (non-hydrogen) atoms. The largest absolute Gasteiger partial charge is 0.433 e. The minimum absolute atomic E-state index is 0.0428. The van der Waals surface area contributed by atoms with Gasteiger partial charge in [-0.3, -0.25) is 0 Å². The predicted octanol–water partition coefficient (Wildman–Crippen LogP) is 6.56. The van der Waals surface area contributed by atoms with Gasteiger partial charge in [0.2, 0.25) is 0 Å². The highest BCUT2D eigenvalue weighted by atomic mass is 19.4. The van der Waals surface area contributed by atoms with Crippen molar-refractivity contribution in [3.63, 3.8) is 0 Å². The Morgan fingerprint density at radius 1 is 0.973 bits per heavy atom. The molecule has 0 bridgehead atoms. The van der Waals surface area contributed by atoms with Crippen LogP contribution in [0.3, 0.4) is 0 Å². The van der Waals surface area contributed by atoms with E-state index in [0.717, 1.165) is 11.6 Å². The summed E-state index contributed by atoms with van der Waals surface area (Å²) in [5, 5.41) is 6.52. The highest BCUT2D eigenvalue weighted by molar-refractivity contribution is 5.99. The summed E-state index contributed by atoms with van der Waals surface area (Å²) in [4.78, 5) is 22.7. The van der Waals surface area contributed by atoms with Crippen molar-refractivity contribution in [1.82, 2.24) is 14.9 Å². The number of rotatable bonds is 4. The second kappa shape index (κ2) is 10.0. The Morgan fingerprint density at radius 3 is 2.43 bits per heavy atom. The monoisotopic (exact) mass is 509 g/mol. The topological polar surface area (TPSA) is 70.2 Å². The van der Waals surface area contributed by atoms with Gasteiger partial charge in [0.15, 0.2) is 0 Å². The first-order valence-electron chi connectivity index (χ1n) is 11.8. The van der Waals surface area contributed by atoms with Gasteiger partial charge in [0.1, 0.15) is 17.3 Å². The highest BCUT2D eigenvalue weighted by Crippen LogP contribution is 2.35. The molecular formula is C27H23F4N5O. The van der Waals surface area contributed by atoms with Crippen molar-refractivity contribution in [3.8, 4) is 11.1 Å². The fraction of sp³-hybridized carbons (Fsp3) is 0.222. The SMILES string of the molecule is O=C(Nc1cccc(F)c1)N1CCC(Nc2ncc(-c3ccccc3)c3nc(C(F)(F)F)ccc23)CC1. The number of piperidine rings is 1. The number of urea groups is 1. The van der Waals surface area contributed by atoms with Crippen LogP contribution in [-0.4, -0.2) is 40.0 Å². The molecule has 2 aromatic heterocycles. The van der Waals surface area contributed by atoms with Crippen LogP contribution in [0.5, 0.6) is 0 Å². The molecule has 2 N–H and O–H groups in total. The van der Waals surface area contributed by atoms with Crippen molar-refractivity contribution in [1.29, 1.82) is 0 Å². The molecule has 1 aliphatic rings. The molecule has 1 saturated heterocycles. The maximum absolute atomic E-state index is 13.4. The van der Waals surface area contributed by atoms with Crippen LogP contribution in [0.4, 0.5) is 33.9 Å². The molecule has 0 atom stereocenters. The number of carbonyl (C=O) groups excluding carboxylic acids is 1. The molecule has 10 heteroatoms. The van der Waals surface area contributed by atoms with Crippen molar-refractivity contribution in [2.24, 2.45) is 0 Å². The van der Waals surface area contributed by atoms with E-state index in [-0.39, 0.29) is 17.6 Å². The zero-order valence-corrected chi connectivity index (χ0v) is 19.6. The Morgan fingerprint density at radius 2 is 1.73 bits per heavy atom. The molecule has 6 nitrogen and oxygen atoms in total. The summed E-state index contributed by atoms with van der Waals surface area (Å²) in [7, 11) is 0. The number of benzene rings is 2. The van der Waals surface area contributed by atoms with Gasteiger partial charge >= 0.3 is 12.2 Å². The molecule has 1 aliphatic heterocycles. The first-order chi connectivity index (χ1) is 17.8. The average molecular weight is 510 g/mol. The summed E-state index contributed by atoms with van der Waals surface area (Å²) in [6.45, 7) is 0.907. The van der Waals surface area contributed by atoms with Crippen LogP contribution in [0.2, 0.25) is 0 Å². The van der Waals surface area contributed by atoms with Crippen LogP contribution in [0, 0.1) is 5.82 Å². The summed E-state index contributed by atoms with van der Waals surface area (Å²) in [5.74, 6) is 0.00845. The molecule has 2 aromatic carbocycles. The normalized spacial score (nSPS) is 14.5. The van der Waals surface area contributed by atoms with Gasteiger partial charge in [-0.15, -0.1) is 0 Å². The molecule has 4 aromatic rings. The van der Waals surface area contributed by atoms with Gasteiger partial charge in [0.05, 0.1) is 5.52 Å². The van der Waals surface area contributed by atoms with Crippen molar-refractivity contribution in [3.05, 3.63) is 84.4 Å². The van der Waals surface area contributed by atoms with E-state index in [9.17, 15) is 22.4 Å². The number of pyridine rings is 2. The molecule has 5 rings (SSSR count). The number of hydrogen-bond donors (Lipinski definition) is 2. The lowest BCUT2D eigenvalue weighted by molar-refractivity contribution is -0.140. The van der Waals surface area contributed by atoms with Crippen LogP contribution in [-0.2, 0) is 6.18 Å². The fourth-order valence-electron chi connectivity index (χ4n) is 4.41. The molecule has 0 radical (unpaired) electrons. The van der Waals surface area contributed by atoms with Gasteiger partial charge in [-0.05, 0) is 48.7 Å². The number of amides is 2. The van der Waals surface area contributed by atoms with E-state index in [2.05, 4.69) is 20.6 Å². The van der Waals surface area contributed by atoms with Crippen molar-refractivity contribution in [2.75, 3.05) is 23.7 Å². The minimum atomic E-state index is -4.57. The van der Waals surface area contributed by atoms with Crippen LogP contribution in [0.15, 0.2) is 72.9 Å². The smallest absolute Gasteiger partial charge is 0.367 e.